The van der Waals surface area contributed by atoms with Crippen LogP contribution in [0.4, 0.5) is 10.7 Å². The maximum atomic E-state index is 12.1. The number of nitrogen functional groups attached to an aromatic ring is 1. The van der Waals surface area contributed by atoms with Crippen LogP contribution in [0, 0.1) is 10.1 Å². The molecule has 2 atom stereocenters. The normalized spacial score (nSPS) is 23.6. The average Bonchev–Trinajstić information content (AvgIpc) is 2.86. The van der Waals surface area contributed by atoms with Crippen LogP contribution in [-0.2, 0) is 14.8 Å². The number of rotatable bonds is 4. The molecule has 3 N–H and O–H groups in total. The van der Waals surface area contributed by atoms with E-state index in [2.05, 4.69) is 4.72 Å². The van der Waals surface area contributed by atoms with Gasteiger partial charge in [-0.25, -0.2) is 13.1 Å². The molecule has 0 aliphatic carbocycles. The Hall–Kier alpha value is -1.23. The Labute approximate surface area is 113 Å². The van der Waals surface area contributed by atoms with Gasteiger partial charge in [0.05, 0.1) is 17.1 Å². The third kappa shape index (κ3) is 2.86. The van der Waals surface area contributed by atoms with Gasteiger partial charge in [-0.15, -0.1) is 0 Å². The van der Waals surface area contributed by atoms with E-state index in [1.54, 1.807) is 6.92 Å². The first-order chi connectivity index (χ1) is 8.81. The molecule has 1 aromatic heterocycles. The maximum Gasteiger partial charge on any atom is 0.304 e. The van der Waals surface area contributed by atoms with E-state index >= 15 is 0 Å². The number of anilines is 1. The van der Waals surface area contributed by atoms with Crippen molar-refractivity contribution in [3.05, 3.63) is 16.2 Å². The van der Waals surface area contributed by atoms with Crippen LogP contribution >= 0.6 is 11.3 Å². The second kappa shape index (κ2) is 5.04. The molecule has 1 aliphatic rings. The minimum absolute atomic E-state index is 0.124. The van der Waals surface area contributed by atoms with Gasteiger partial charge in [-0.05, 0) is 13.3 Å². The molecule has 0 aromatic carbocycles. The largest absolute Gasteiger partial charge is 0.385 e. The summed E-state index contributed by atoms with van der Waals surface area (Å²) in [7, 11) is -3.81. The molecule has 0 radical (unpaired) electrons. The van der Waals surface area contributed by atoms with E-state index in [1.807, 2.05) is 0 Å². The molecular weight excluding hydrogens is 294 g/mol. The van der Waals surface area contributed by atoms with Gasteiger partial charge in [0.25, 0.3) is 10.0 Å². The number of ether oxygens (including phenoxy) is 1. The van der Waals surface area contributed by atoms with Crippen molar-refractivity contribution in [1.29, 1.82) is 0 Å². The minimum Gasteiger partial charge on any atom is -0.385 e. The highest BCUT2D eigenvalue weighted by atomic mass is 32.2. The van der Waals surface area contributed by atoms with Crippen LogP contribution in [-0.4, -0.2) is 32.1 Å². The fourth-order valence-electron chi connectivity index (χ4n) is 1.79. The van der Waals surface area contributed by atoms with Gasteiger partial charge in [0.15, 0.2) is 5.00 Å². The number of nitrogens with zero attached hydrogens (tertiary/aromatic N) is 1. The van der Waals surface area contributed by atoms with Crippen LogP contribution in [0.2, 0.25) is 0 Å². The molecule has 19 heavy (non-hydrogen) atoms. The molecule has 10 heteroatoms. The summed E-state index contributed by atoms with van der Waals surface area (Å²) in [5, 5.41) is 10.5. The van der Waals surface area contributed by atoms with Crippen LogP contribution < -0.4 is 10.5 Å². The van der Waals surface area contributed by atoms with Crippen LogP contribution in [0.5, 0.6) is 0 Å². The monoisotopic (exact) mass is 307 g/mol. The Morgan fingerprint density at radius 1 is 1.63 bits per heavy atom. The zero-order chi connectivity index (χ0) is 14.2. The molecule has 1 aliphatic heterocycles. The standard InChI is InChI=1S/C9H13N3O5S2/c1-5-6(2-3-17-5)11-19(15,16)8-4-7(12(13)14)9(10)18-8/h4-6,11H,2-3,10H2,1H3. The molecule has 2 unspecified atom stereocenters. The average molecular weight is 307 g/mol. The minimum atomic E-state index is -3.81. The second-order valence-electron chi connectivity index (χ2n) is 4.16. The fraction of sp³-hybridized carbons (Fsp3) is 0.556. The van der Waals surface area contributed by atoms with E-state index in [9.17, 15) is 18.5 Å². The molecule has 0 amide bonds. The Morgan fingerprint density at radius 3 is 2.79 bits per heavy atom. The summed E-state index contributed by atoms with van der Waals surface area (Å²) < 4.78 is 31.8. The highest BCUT2D eigenvalue weighted by Crippen LogP contribution is 2.34. The van der Waals surface area contributed by atoms with E-state index < -0.39 is 14.9 Å². The van der Waals surface area contributed by atoms with Crippen molar-refractivity contribution >= 4 is 32.0 Å². The first kappa shape index (κ1) is 14.2. The summed E-state index contributed by atoms with van der Waals surface area (Å²) in [6, 6.07) is 0.649. The zero-order valence-electron chi connectivity index (χ0n) is 10.0. The van der Waals surface area contributed by atoms with Crippen molar-refractivity contribution in [3.63, 3.8) is 0 Å². The number of thiophene rings is 1. The van der Waals surface area contributed by atoms with Crippen LogP contribution in [0.25, 0.3) is 0 Å². The van der Waals surface area contributed by atoms with Crippen LogP contribution in [0.15, 0.2) is 10.3 Å². The molecule has 0 bridgehead atoms. The SMILES string of the molecule is CC1OCCC1NS(=O)(=O)c1cc([N+](=O)[O-])c(N)s1. The van der Waals surface area contributed by atoms with Gasteiger partial charge in [0, 0.05) is 12.7 Å². The van der Waals surface area contributed by atoms with Crippen molar-refractivity contribution in [2.45, 2.75) is 29.7 Å². The molecule has 2 rings (SSSR count). The first-order valence-electron chi connectivity index (χ1n) is 5.49. The number of hydrogen-bond acceptors (Lipinski definition) is 7. The first-order valence-corrected chi connectivity index (χ1v) is 7.79. The third-order valence-corrected chi connectivity index (χ3v) is 5.78. The van der Waals surface area contributed by atoms with Crippen molar-refractivity contribution in [2.75, 3.05) is 12.3 Å². The molecule has 1 aromatic rings. The van der Waals surface area contributed by atoms with Crippen molar-refractivity contribution in [1.82, 2.24) is 4.72 Å². The number of sulfonamides is 1. The van der Waals surface area contributed by atoms with Crippen molar-refractivity contribution in [3.8, 4) is 0 Å². The molecule has 1 fully saturated rings. The van der Waals surface area contributed by atoms with Crippen LogP contribution in [0.1, 0.15) is 13.3 Å². The second-order valence-corrected chi connectivity index (χ2v) is 7.19. The van der Waals surface area contributed by atoms with E-state index in [-0.39, 0.29) is 27.0 Å². The molecule has 106 valence electrons. The number of nitrogens with one attached hydrogen (secondary N) is 1. The molecule has 1 saturated heterocycles. The number of hydrogen-bond donors (Lipinski definition) is 2. The number of nitro groups is 1. The lowest BCUT2D eigenvalue weighted by Crippen LogP contribution is -2.38. The summed E-state index contributed by atoms with van der Waals surface area (Å²) in [5.41, 5.74) is 5.05. The molecular formula is C9H13N3O5S2. The van der Waals surface area contributed by atoms with Gasteiger partial charge in [-0.1, -0.05) is 11.3 Å². The lowest BCUT2D eigenvalue weighted by Gasteiger charge is -2.14. The summed E-state index contributed by atoms with van der Waals surface area (Å²) in [6.45, 7) is 2.26. The number of nitrogens with two attached hydrogens (primary N) is 1. The zero-order valence-corrected chi connectivity index (χ0v) is 11.7. The highest BCUT2D eigenvalue weighted by molar-refractivity contribution is 7.91. The lowest BCUT2D eigenvalue weighted by atomic mass is 10.2. The van der Waals surface area contributed by atoms with E-state index in [0.717, 1.165) is 6.07 Å². The van der Waals surface area contributed by atoms with E-state index in [1.165, 1.54) is 0 Å². The van der Waals surface area contributed by atoms with Crippen LogP contribution in [0.3, 0.4) is 0 Å². The van der Waals surface area contributed by atoms with Gasteiger partial charge in [0.2, 0.25) is 0 Å². The topological polar surface area (TPSA) is 125 Å². The van der Waals surface area contributed by atoms with Gasteiger partial charge in [-0.3, -0.25) is 10.1 Å². The Kier molecular flexibility index (Phi) is 3.76. The summed E-state index contributed by atoms with van der Waals surface area (Å²) in [5.74, 6) is 0. The Bertz CT molecular complexity index is 597. The van der Waals surface area contributed by atoms with Gasteiger partial charge in [0.1, 0.15) is 4.21 Å². The molecule has 8 nitrogen and oxygen atoms in total. The highest BCUT2D eigenvalue weighted by Gasteiger charge is 2.31. The van der Waals surface area contributed by atoms with Gasteiger partial charge < -0.3 is 10.5 Å². The van der Waals surface area contributed by atoms with Crippen molar-refractivity contribution < 1.29 is 18.1 Å². The van der Waals surface area contributed by atoms with E-state index in [0.29, 0.717) is 24.4 Å². The summed E-state index contributed by atoms with van der Waals surface area (Å²) in [4.78, 5) is 9.95. The predicted molar refractivity (Wildman–Crippen MR) is 69.5 cm³/mol. The quantitative estimate of drug-likeness (QED) is 0.623. The molecule has 0 saturated carbocycles. The molecule has 2 heterocycles. The van der Waals surface area contributed by atoms with E-state index in [4.69, 9.17) is 10.5 Å². The smallest absolute Gasteiger partial charge is 0.304 e. The van der Waals surface area contributed by atoms with Crippen molar-refractivity contribution in [2.24, 2.45) is 0 Å². The Morgan fingerprint density at radius 2 is 2.32 bits per heavy atom. The molecule has 0 spiro atoms. The Balaban J connectivity index is 2.24. The van der Waals surface area contributed by atoms with Gasteiger partial charge in [-0.2, -0.15) is 0 Å². The van der Waals surface area contributed by atoms with Gasteiger partial charge >= 0.3 is 5.69 Å². The summed E-state index contributed by atoms with van der Waals surface area (Å²) >= 11 is 0.679. The maximum absolute atomic E-state index is 12.1. The fourth-order valence-corrected chi connectivity index (χ4v) is 4.36. The predicted octanol–water partition coefficient (Wildman–Crippen LogP) is 0.694. The lowest BCUT2D eigenvalue weighted by molar-refractivity contribution is -0.383. The summed E-state index contributed by atoms with van der Waals surface area (Å²) in [6.07, 6.45) is 0.352. The third-order valence-electron chi connectivity index (χ3n) is 2.86.